The van der Waals surface area contributed by atoms with Gasteiger partial charge in [-0.15, -0.1) is 0 Å². The molecule has 0 atom stereocenters. The number of hydrogen-bond donors (Lipinski definition) is 0. The zero-order valence-corrected chi connectivity index (χ0v) is 14.2. The molecule has 9 heteroatoms. The minimum Gasteiger partial charge on any atom is -0.744 e. The summed E-state index contributed by atoms with van der Waals surface area (Å²) in [6, 6.07) is 5.12. The summed E-state index contributed by atoms with van der Waals surface area (Å²) in [5.74, 6) is -8.21. The molecule has 0 N–H and O–H groups in total. The summed E-state index contributed by atoms with van der Waals surface area (Å²) in [6.45, 7) is 0. The van der Waals surface area contributed by atoms with Crippen molar-refractivity contribution in [2.24, 2.45) is 0 Å². The predicted molar refractivity (Wildman–Crippen MR) is 81.4 cm³/mol. The molecule has 1 aliphatic carbocycles. The molecule has 1 aliphatic rings. The molecule has 0 fully saturated rings. The molecule has 2 aromatic rings. The first-order valence-corrected chi connectivity index (χ1v) is 9.54. The smallest absolute Gasteiger partial charge is 0.180 e. The van der Waals surface area contributed by atoms with Crippen molar-refractivity contribution in [3.63, 3.8) is 0 Å². The molecule has 2 aromatic carbocycles. The quantitative estimate of drug-likeness (QED) is 0.448. The number of halogens is 4. The third-order valence-corrected chi connectivity index (χ3v) is 6.02. The van der Waals surface area contributed by atoms with Crippen LogP contribution in [-0.2, 0) is 23.0 Å². The average Bonchev–Trinajstić information content (AvgIpc) is 2.56. The van der Waals surface area contributed by atoms with Crippen LogP contribution in [0, 0.1) is 23.3 Å². The van der Waals surface area contributed by atoms with Crippen LogP contribution in [0.2, 0.25) is 0 Å². The predicted octanol–water partition coefficient (Wildman–Crippen LogP) is 4.18. The van der Waals surface area contributed by atoms with Crippen LogP contribution in [0.5, 0.6) is 0 Å². The summed E-state index contributed by atoms with van der Waals surface area (Å²) in [6.07, 6.45) is 3.32. The van der Waals surface area contributed by atoms with E-state index < -0.39 is 43.2 Å². The van der Waals surface area contributed by atoms with Crippen LogP contribution < -0.4 is 0 Å². The maximum absolute atomic E-state index is 14.1. The Kier molecular flexibility index (Phi) is 4.82. The van der Waals surface area contributed by atoms with E-state index in [0.29, 0.717) is 23.1 Å². The molecule has 0 spiro atoms. The van der Waals surface area contributed by atoms with Gasteiger partial charge in [0.05, 0.1) is 4.90 Å². The summed E-state index contributed by atoms with van der Waals surface area (Å²) in [5, 5.41) is 0. The molecule has 0 aromatic heterocycles. The van der Waals surface area contributed by atoms with Crippen LogP contribution in [0.3, 0.4) is 0 Å². The van der Waals surface area contributed by atoms with Gasteiger partial charge in [-0.25, -0.2) is 26.0 Å². The number of fused-ring (bicyclic) bond motifs is 1. The van der Waals surface area contributed by atoms with Gasteiger partial charge >= 0.3 is 0 Å². The minimum absolute atomic E-state index is 0.437. The molecule has 3 nitrogen and oxygen atoms in total. The Morgan fingerprint density at radius 3 is 2.12 bits per heavy atom. The van der Waals surface area contributed by atoms with Gasteiger partial charge < -0.3 is 4.55 Å². The Bertz CT molecular complexity index is 929. The highest BCUT2D eigenvalue weighted by atomic mass is 32.2. The third kappa shape index (κ3) is 3.28. The first-order chi connectivity index (χ1) is 11.7. The highest BCUT2D eigenvalue weighted by molar-refractivity contribution is 7.99. The first kappa shape index (κ1) is 18.2. The Hall–Kier alpha value is -1.58. The fourth-order valence-corrected chi connectivity index (χ4v) is 4.55. The second-order valence-corrected chi connectivity index (χ2v) is 7.94. The largest absolute Gasteiger partial charge is 0.744 e. The fraction of sp³-hybridized carbons (Fsp3) is 0.250. The van der Waals surface area contributed by atoms with Crippen molar-refractivity contribution in [2.45, 2.75) is 40.4 Å². The van der Waals surface area contributed by atoms with Crippen molar-refractivity contribution in [3.8, 4) is 0 Å². The zero-order valence-electron chi connectivity index (χ0n) is 12.6. The molecule has 0 radical (unpaired) electrons. The lowest BCUT2D eigenvalue weighted by Crippen LogP contribution is -2.11. The van der Waals surface area contributed by atoms with Crippen molar-refractivity contribution in [1.82, 2.24) is 0 Å². The van der Waals surface area contributed by atoms with Gasteiger partial charge in [-0.2, -0.15) is 0 Å². The molecule has 0 saturated carbocycles. The van der Waals surface area contributed by atoms with Crippen molar-refractivity contribution < 1.29 is 30.5 Å². The van der Waals surface area contributed by atoms with E-state index in [9.17, 15) is 30.5 Å². The molecule has 0 amide bonds. The molecule has 0 bridgehead atoms. The Morgan fingerprint density at radius 1 is 0.920 bits per heavy atom. The number of rotatable bonds is 3. The van der Waals surface area contributed by atoms with Crippen molar-refractivity contribution >= 4 is 21.9 Å². The van der Waals surface area contributed by atoms with Gasteiger partial charge in [0.1, 0.15) is 15.0 Å². The monoisotopic (exact) mass is 391 g/mol. The first-order valence-electron chi connectivity index (χ1n) is 7.32. The number of aryl methyl sites for hydroxylation is 1. The second kappa shape index (κ2) is 6.62. The SMILES string of the molecule is O=S(=O)([O-])c1c(F)c(F)c(Sc2cccc3c2CCCC3)c(F)c1F. The standard InChI is InChI=1S/C16H12F4O3S2/c17-11-13(19)16(25(21,22)23)14(20)12(18)15(11)24-10-7-3-5-8-4-1-2-6-9(8)10/h3,5,7H,1-2,4,6H2,(H,21,22,23)/p-1. The van der Waals surface area contributed by atoms with E-state index in [0.717, 1.165) is 30.4 Å². The molecule has 0 saturated heterocycles. The maximum atomic E-state index is 14.1. The highest BCUT2D eigenvalue weighted by Crippen LogP contribution is 2.40. The van der Waals surface area contributed by atoms with E-state index in [1.807, 2.05) is 6.07 Å². The van der Waals surface area contributed by atoms with Gasteiger partial charge in [0, 0.05) is 4.90 Å². The van der Waals surface area contributed by atoms with Crippen LogP contribution >= 0.6 is 11.8 Å². The Balaban J connectivity index is 2.14. The van der Waals surface area contributed by atoms with Gasteiger partial charge in [0.15, 0.2) is 23.3 Å². The second-order valence-electron chi connectivity index (χ2n) is 5.57. The minimum atomic E-state index is -5.70. The van der Waals surface area contributed by atoms with Gasteiger partial charge in [0.25, 0.3) is 0 Å². The maximum Gasteiger partial charge on any atom is 0.180 e. The fourth-order valence-electron chi connectivity index (χ4n) is 2.85. The summed E-state index contributed by atoms with van der Waals surface area (Å²) in [7, 11) is -5.70. The summed E-state index contributed by atoms with van der Waals surface area (Å²) < 4.78 is 88.6. The van der Waals surface area contributed by atoms with Crippen LogP contribution in [-0.4, -0.2) is 13.0 Å². The van der Waals surface area contributed by atoms with Crippen LogP contribution in [0.15, 0.2) is 32.9 Å². The summed E-state index contributed by atoms with van der Waals surface area (Å²) in [5.41, 5.74) is 1.84. The lowest BCUT2D eigenvalue weighted by atomic mass is 9.92. The number of benzene rings is 2. The Morgan fingerprint density at radius 2 is 1.52 bits per heavy atom. The van der Waals surface area contributed by atoms with Crippen LogP contribution in [0.1, 0.15) is 24.0 Å². The molecule has 25 heavy (non-hydrogen) atoms. The van der Waals surface area contributed by atoms with Crippen molar-refractivity contribution in [3.05, 3.63) is 52.6 Å². The molecule has 0 aliphatic heterocycles. The van der Waals surface area contributed by atoms with E-state index in [4.69, 9.17) is 0 Å². The third-order valence-electron chi connectivity index (χ3n) is 4.00. The molecular formula is C16H11F4O3S2-. The van der Waals surface area contributed by atoms with Crippen molar-refractivity contribution in [1.29, 1.82) is 0 Å². The van der Waals surface area contributed by atoms with Crippen LogP contribution in [0.25, 0.3) is 0 Å². The van der Waals surface area contributed by atoms with Gasteiger partial charge in [-0.3, -0.25) is 0 Å². The normalized spacial score (nSPS) is 14.4. The number of hydrogen-bond acceptors (Lipinski definition) is 4. The molecule has 3 rings (SSSR count). The van der Waals surface area contributed by atoms with E-state index in [1.54, 1.807) is 12.1 Å². The van der Waals surface area contributed by atoms with E-state index >= 15 is 0 Å². The molecule has 0 unspecified atom stereocenters. The summed E-state index contributed by atoms with van der Waals surface area (Å²) in [4.78, 5) is -2.71. The lowest BCUT2D eigenvalue weighted by Gasteiger charge is -2.19. The average molecular weight is 391 g/mol. The van der Waals surface area contributed by atoms with Crippen molar-refractivity contribution in [2.75, 3.05) is 0 Å². The summed E-state index contributed by atoms with van der Waals surface area (Å²) >= 11 is 0.476. The van der Waals surface area contributed by atoms with E-state index in [1.165, 1.54) is 0 Å². The molecule has 0 heterocycles. The van der Waals surface area contributed by atoms with Crippen LogP contribution in [0.4, 0.5) is 17.6 Å². The lowest BCUT2D eigenvalue weighted by molar-refractivity contribution is 0.381. The topological polar surface area (TPSA) is 57.2 Å². The molecule has 134 valence electrons. The van der Waals surface area contributed by atoms with E-state index in [2.05, 4.69) is 0 Å². The zero-order chi connectivity index (χ0) is 18.4. The Labute approximate surface area is 145 Å². The van der Waals surface area contributed by atoms with Gasteiger partial charge in [0.2, 0.25) is 0 Å². The van der Waals surface area contributed by atoms with Gasteiger partial charge in [-0.05, 0) is 42.9 Å². The molecular weight excluding hydrogens is 380 g/mol. The van der Waals surface area contributed by atoms with Gasteiger partial charge in [-0.1, -0.05) is 23.9 Å². The highest BCUT2D eigenvalue weighted by Gasteiger charge is 2.30. The van der Waals surface area contributed by atoms with E-state index in [-0.39, 0.29) is 0 Å².